The summed E-state index contributed by atoms with van der Waals surface area (Å²) in [5.41, 5.74) is 6.54. The molecule has 66 valence electrons. The number of nitrogens with zero attached hydrogens (tertiary/aromatic N) is 1. The predicted molar refractivity (Wildman–Crippen MR) is 48.3 cm³/mol. The van der Waals surface area contributed by atoms with Crippen LogP contribution in [-0.4, -0.2) is 11.6 Å². The van der Waals surface area contributed by atoms with E-state index in [1.54, 1.807) is 11.2 Å². The van der Waals surface area contributed by atoms with Crippen LogP contribution in [0.4, 0.5) is 0 Å². The zero-order valence-electron chi connectivity index (χ0n) is 7.67. The Morgan fingerprint density at radius 3 is 2.45 bits per heavy atom. The third kappa shape index (κ3) is 5.73. The van der Waals surface area contributed by atoms with E-state index in [0.717, 1.165) is 18.7 Å². The van der Waals surface area contributed by atoms with Crippen LogP contribution in [0.1, 0.15) is 27.2 Å². The van der Waals surface area contributed by atoms with Gasteiger partial charge in [-0.1, -0.05) is 13.8 Å². The molecule has 0 aliphatic heterocycles. The molecule has 0 bridgehead atoms. The lowest BCUT2D eigenvalue weighted by Gasteiger charge is -2.12. The zero-order valence-corrected chi connectivity index (χ0v) is 7.67. The van der Waals surface area contributed by atoms with E-state index in [2.05, 4.69) is 13.8 Å². The van der Waals surface area contributed by atoms with E-state index in [1.807, 2.05) is 6.92 Å². The van der Waals surface area contributed by atoms with Crippen LogP contribution in [0.5, 0.6) is 0 Å². The van der Waals surface area contributed by atoms with Crippen molar-refractivity contribution in [2.24, 2.45) is 17.5 Å². The smallest absolute Gasteiger partial charge is 0.0342 e. The van der Waals surface area contributed by atoms with Crippen molar-refractivity contribution in [2.75, 3.05) is 6.54 Å². The van der Waals surface area contributed by atoms with Crippen LogP contribution in [0.2, 0.25) is 0 Å². The van der Waals surface area contributed by atoms with Gasteiger partial charge in [-0.25, -0.2) is 5.84 Å². The van der Waals surface area contributed by atoms with Gasteiger partial charge in [0.25, 0.3) is 0 Å². The fraction of sp³-hybridized carbons (Fsp3) is 0.750. The molecular weight excluding hydrogens is 138 g/mol. The molecule has 0 spiro atoms. The van der Waals surface area contributed by atoms with Gasteiger partial charge >= 0.3 is 0 Å². The molecule has 3 nitrogen and oxygen atoms in total. The molecule has 0 amide bonds. The Morgan fingerprint density at radius 2 is 2.09 bits per heavy atom. The highest BCUT2D eigenvalue weighted by atomic mass is 15.4. The predicted octanol–water partition coefficient (Wildman–Crippen LogP) is 1.03. The van der Waals surface area contributed by atoms with Crippen molar-refractivity contribution in [3.8, 4) is 0 Å². The number of nitrogens with two attached hydrogens (primary N) is 2. The fourth-order valence-electron chi connectivity index (χ4n) is 0.828. The second kappa shape index (κ2) is 5.02. The molecule has 0 aliphatic carbocycles. The van der Waals surface area contributed by atoms with Gasteiger partial charge in [0.15, 0.2) is 0 Å². The van der Waals surface area contributed by atoms with Crippen LogP contribution in [0.25, 0.3) is 0 Å². The first-order chi connectivity index (χ1) is 5.06. The maximum atomic E-state index is 5.69. The first-order valence-corrected chi connectivity index (χ1v) is 4.03. The van der Waals surface area contributed by atoms with Gasteiger partial charge in [0.05, 0.1) is 0 Å². The maximum Gasteiger partial charge on any atom is 0.0342 e. The molecule has 0 rings (SSSR count). The minimum Gasteiger partial charge on any atom is -0.401 e. The van der Waals surface area contributed by atoms with Crippen molar-refractivity contribution in [3.63, 3.8) is 0 Å². The highest BCUT2D eigenvalue weighted by Crippen LogP contribution is 2.04. The normalized spacial score (nSPS) is 12.3. The van der Waals surface area contributed by atoms with Crippen LogP contribution >= 0.6 is 0 Å². The fourth-order valence-corrected chi connectivity index (χ4v) is 0.828. The molecule has 0 aromatic rings. The van der Waals surface area contributed by atoms with Gasteiger partial charge in [0.1, 0.15) is 0 Å². The van der Waals surface area contributed by atoms with Crippen molar-refractivity contribution in [3.05, 3.63) is 11.9 Å². The summed E-state index contributed by atoms with van der Waals surface area (Å²) in [5, 5.41) is 1.59. The first kappa shape index (κ1) is 10.3. The van der Waals surface area contributed by atoms with Gasteiger partial charge in [-0.15, -0.1) is 0 Å². The lowest BCUT2D eigenvalue weighted by atomic mass is 10.1. The molecule has 4 N–H and O–H groups in total. The quantitative estimate of drug-likeness (QED) is 0.473. The summed E-state index contributed by atoms with van der Waals surface area (Å²) in [6.07, 6.45) is 2.70. The Balaban J connectivity index is 3.79. The Labute approximate surface area is 69.0 Å². The molecule has 0 unspecified atom stereocenters. The van der Waals surface area contributed by atoms with E-state index in [1.165, 1.54) is 0 Å². The molecule has 0 saturated carbocycles. The Morgan fingerprint density at radius 1 is 1.55 bits per heavy atom. The maximum absolute atomic E-state index is 5.69. The number of hydrogen-bond donors (Lipinski definition) is 2. The molecule has 0 radical (unpaired) electrons. The van der Waals surface area contributed by atoms with Gasteiger partial charge in [-0.05, 0) is 19.3 Å². The lowest BCUT2D eigenvalue weighted by Crippen LogP contribution is -2.26. The second-order valence-corrected chi connectivity index (χ2v) is 3.13. The van der Waals surface area contributed by atoms with Gasteiger partial charge < -0.3 is 10.7 Å². The van der Waals surface area contributed by atoms with Crippen molar-refractivity contribution in [1.82, 2.24) is 5.01 Å². The van der Waals surface area contributed by atoms with E-state index in [4.69, 9.17) is 11.6 Å². The van der Waals surface area contributed by atoms with Gasteiger partial charge in [0, 0.05) is 18.4 Å². The summed E-state index contributed by atoms with van der Waals surface area (Å²) < 4.78 is 0. The Kier molecular flexibility index (Phi) is 4.70. The van der Waals surface area contributed by atoms with Gasteiger partial charge in [0.2, 0.25) is 0 Å². The Hall–Kier alpha value is -0.700. The summed E-state index contributed by atoms with van der Waals surface area (Å²) in [6, 6.07) is 0. The van der Waals surface area contributed by atoms with Crippen molar-refractivity contribution in [2.45, 2.75) is 27.2 Å². The number of rotatable bonds is 4. The largest absolute Gasteiger partial charge is 0.401 e. The van der Waals surface area contributed by atoms with Crippen LogP contribution in [0, 0.1) is 5.92 Å². The van der Waals surface area contributed by atoms with E-state index >= 15 is 0 Å². The molecule has 3 heteroatoms. The third-order valence-corrected chi connectivity index (χ3v) is 1.34. The molecule has 0 atom stereocenters. The van der Waals surface area contributed by atoms with E-state index in [-0.39, 0.29) is 0 Å². The minimum absolute atomic E-state index is 0.594. The number of hydrazine groups is 1. The summed E-state index contributed by atoms with van der Waals surface area (Å²) in [7, 11) is 0. The standard InChI is InChI=1S/C8H19N3/c1-4-11(10)6-8(9)5-7(2)3/h6-7H,4-5,9-10H2,1-3H3/b8-6-. The van der Waals surface area contributed by atoms with Gasteiger partial charge in [-0.3, -0.25) is 0 Å². The second-order valence-electron chi connectivity index (χ2n) is 3.13. The molecule has 11 heavy (non-hydrogen) atoms. The zero-order chi connectivity index (χ0) is 8.85. The summed E-state index contributed by atoms with van der Waals surface area (Å²) >= 11 is 0. The van der Waals surface area contributed by atoms with Crippen molar-refractivity contribution in [1.29, 1.82) is 0 Å². The molecule has 0 heterocycles. The highest BCUT2D eigenvalue weighted by molar-refractivity contribution is 4.95. The summed E-state index contributed by atoms with van der Waals surface area (Å²) in [4.78, 5) is 0. The number of allylic oxidation sites excluding steroid dienone is 1. The lowest BCUT2D eigenvalue weighted by molar-refractivity contribution is 0.409. The average molecular weight is 157 g/mol. The molecule has 0 saturated heterocycles. The van der Waals surface area contributed by atoms with Crippen LogP contribution in [0.3, 0.4) is 0 Å². The van der Waals surface area contributed by atoms with Crippen LogP contribution in [-0.2, 0) is 0 Å². The average Bonchev–Trinajstić information content (AvgIpc) is 1.85. The summed E-state index contributed by atoms with van der Waals surface area (Å²) in [6.45, 7) is 7.04. The molecular formula is C8H19N3. The molecule has 0 fully saturated rings. The highest BCUT2D eigenvalue weighted by Gasteiger charge is 1.96. The van der Waals surface area contributed by atoms with Gasteiger partial charge in [-0.2, -0.15) is 0 Å². The SMILES string of the molecule is CCN(N)/C=C(\N)CC(C)C. The number of hydrogen-bond acceptors (Lipinski definition) is 3. The van der Waals surface area contributed by atoms with Crippen LogP contribution < -0.4 is 11.6 Å². The Bertz CT molecular complexity index is 129. The van der Waals surface area contributed by atoms with E-state index in [9.17, 15) is 0 Å². The summed E-state index contributed by atoms with van der Waals surface area (Å²) in [5.74, 6) is 6.12. The molecule has 0 aromatic heterocycles. The monoisotopic (exact) mass is 157 g/mol. The van der Waals surface area contributed by atoms with Crippen molar-refractivity contribution >= 4 is 0 Å². The van der Waals surface area contributed by atoms with Crippen molar-refractivity contribution < 1.29 is 0 Å². The van der Waals surface area contributed by atoms with E-state index in [0.29, 0.717) is 5.92 Å². The molecule has 0 aromatic carbocycles. The topological polar surface area (TPSA) is 55.3 Å². The first-order valence-electron chi connectivity index (χ1n) is 4.03. The van der Waals surface area contributed by atoms with Crippen LogP contribution in [0.15, 0.2) is 11.9 Å². The molecule has 0 aliphatic rings. The minimum atomic E-state index is 0.594. The van der Waals surface area contributed by atoms with E-state index < -0.39 is 0 Å². The third-order valence-electron chi connectivity index (χ3n) is 1.34.